The first-order valence-corrected chi connectivity index (χ1v) is 8.03. The number of carbonyl (C=O) groups is 2. The van der Waals surface area contributed by atoms with Crippen molar-refractivity contribution in [2.45, 2.75) is 51.0 Å². The number of carboxylic acids is 1. The predicted octanol–water partition coefficient (Wildman–Crippen LogP) is 3.10. The normalized spacial score (nSPS) is 20.6. The zero-order valence-corrected chi connectivity index (χ0v) is 12.6. The highest BCUT2D eigenvalue weighted by atomic mass is 32.1. The van der Waals surface area contributed by atoms with E-state index in [1.165, 1.54) is 0 Å². The van der Waals surface area contributed by atoms with E-state index in [9.17, 15) is 9.59 Å². The van der Waals surface area contributed by atoms with E-state index < -0.39 is 5.97 Å². The molecule has 1 fully saturated rings. The lowest BCUT2D eigenvalue weighted by atomic mass is 9.95. The standard InChI is InChI=1S/C15H21NO3S/c1-11(13-6-4-10-20-13)15(19)16-9-3-2-5-12(16)7-8-14(17)18/h4,6,10-12H,2-3,5,7-9H2,1H3,(H,17,18). The molecule has 1 aliphatic heterocycles. The van der Waals surface area contributed by atoms with Crippen molar-refractivity contribution >= 4 is 23.2 Å². The number of thiophene rings is 1. The van der Waals surface area contributed by atoms with Gasteiger partial charge in [0.2, 0.25) is 5.91 Å². The van der Waals surface area contributed by atoms with Crippen LogP contribution in [0.3, 0.4) is 0 Å². The number of hydrogen-bond acceptors (Lipinski definition) is 3. The van der Waals surface area contributed by atoms with Crippen LogP contribution in [0.5, 0.6) is 0 Å². The van der Waals surface area contributed by atoms with E-state index in [4.69, 9.17) is 5.11 Å². The van der Waals surface area contributed by atoms with Crippen molar-refractivity contribution in [1.29, 1.82) is 0 Å². The van der Waals surface area contributed by atoms with Crippen molar-refractivity contribution in [3.05, 3.63) is 22.4 Å². The van der Waals surface area contributed by atoms with Gasteiger partial charge in [-0.15, -0.1) is 11.3 Å². The zero-order valence-electron chi connectivity index (χ0n) is 11.7. The topological polar surface area (TPSA) is 57.6 Å². The van der Waals surface area contributed by atoms with E-state index in [1.807, 2.05) is 29.3 Å². The van der Waals surface area contributed by atoms with Crippen LogP contribution in [0.15, 0.2) is 17.5 Å². The van der Waals surface area contributed by atoms with Gasteiger partial charge in [-0.2, -0.15) is 0 Å². The number of likely N-dealkylation sites (tertiary alicyclic amines) is 1. The van der Waals surface area contributed by atoms with Gasteiger partial charge >= 0.3 is 5.97 Å². The molecule has 1 aromatic heterocycles. The first-order chi connectivity index (χ1) is 9.59. The molecule has 0 aliphatic carbocycles. The quantitative estimate of drug-likeness (QED) is 0.908. The molecule has 1 aliphatic rings. The summed E-state index contributed by atoms with van der Waals surface area (Å²) in [6, 6.07) is 4.04. The molecule has 0 aromatic carbocycles. The van der Waals surface area contributed by atoms with Crippen molar-refractivity contribution in [2.75, 3.05) is 6.54 Å². The molecule has 1 N–H and O–H groups in total. The SMILES string of the molecule is CC(C(=O)N1CCCCC1CCC(=O)O)c1cccs1. The number of piperidine rings is 1. The van der Waals surface area contributed by atoms with Crippen molar-refractivity contribution < 1.29 is 14.7 Å². The van der Waals surface area contributed by atoms with Crippen molar-refractivity contribution in [3.8, 4) is 0 Å². The molecule has 0 spiro atoms. The van der Waals surface area contributed by atoms with Crippen LogP contribution in [0.2, 0.25) is 0 Å². The fourth-order valence-corrected chi connectivity index (χ4v) is 3.57. The van der Waals surface area contributed by atoms with Crippen LogP contribution in [0.25, 0.3) is 0 Å². The Labute approximate surface area is 123 Å². The summed E-state index contributed by atoms with van der Waals surface area (Å²) in [5.41, 5.74) is 0. The molecular weight excluding hydrogens is 274 g/mol. The van der Waals surface area contributed by atoms with E-state index in [2.05, 4.69) is 0 Å². The predicted molar refractivity (Wildman–Crippen MR) is 79.0 cm³/mol. The highest BCUT2D eigenvalue weighted by molar-refractivity contribution is 7.10. The number of rotatable bonds is 5. The Hall–Kier alpha value is -1.36. The zero-order chi connectivity index (χ0) is 14.5. The second-order valence-corrected chi connectivity index (χ2v) is 6.33. The summed E-state index contributed by atoms with van der Waals surface area (Å²) in [4.78, 5) is 26.4. The van der Waals surface area contributed by atoms with Crippen molar-refractivity contribution in [2.24, 2.45) is 0 Å². The molecule has 0 saturated carbocycles. The van der Waals surface area contributed by atoms with Crippen LogP contribution in [-0.2, 0) is 9.59 Å². The lowest BCUT2D eigenvalue weighted by Gasteiger charge is -2.37. The molecule has 1 amide bonds. The van der Waals surface area contributed by atoms with Gasteiger partial charge in [-0.1, -0.05) is 6.07 Å². The maximum absolute atomic E-state index is 12.6. The van der Waals surface area contributed by atoms with E-state index in [0.29, 0.717) is 6.42 Å². The molecule has 2 rings (SSSR count). The van der Waals surface area contributed by atoms with Gasteiger partial charge in [0.15, 0.2) is 0 Å². The number of hydrogen-bond donors (Lipinski definition) is 1. The summed E-state index contributed by atoms with van der Waals surface area (Å²) in [6.07, 6.45) is 3.74. The van der Waals surface area contributed by atoms with Gasteiger partial charge < -0.3 is 10.0 Å². The molecule has 2 unspecified atom stereocenters. The number of aliphatic carboxylic acids is 1. The van der Waals surface area contributed by atoms with Crippen LogP contribution in [0.4, 0.5) is 0 Å². The fraction of sp³-hybridized carbons (Fsp3) is 0.600. The molecule has 0 radical (unpaired) electrons. The largest absolute Gasteiger partial charge is 0.481 e. The number of amides is 1. The molecule has 5 heteroatoms. The van der Waals surface area contributed by atoms with E-state index in [1.54, 1.807) is 11.3 Å². The summed E-state index contributed by atoms with van der Waals surface area (Å²) in [6.45, 7) is 2.70. The first kappa shape index (κ1) is 15.0. The Morgan fingerprint density at radius 1 is 1.50 bits per heavy atom. The van der Waals surface area contributed by atoms with Crippen LogP contribution in [0, 0.1) is 0 Å². The third-order valence-corrected chi connectivity index (χ3v) is 5.00. The Balaban J connectivity index is 2.03. The smallest absolute Gasteiger partial charge is 0.303 e. The lowest BCUT2D eigenvalue weighted by Crippen LogP contribution is -2.45. The van der Waals surface area contributed by atoms with Gasteiger partial charge in [0.1, 0.15) is 0 Å². The number of carboxylic acid groups (broad SMARTS) is 1. The van der Waals surface area contributed by atoms with Crippen LogP contribution in [0.1, 0.15) is 49.8 Å². The molecule has 1 saturated heterocycles. The fourth-order valence-electron chi connectivity index (χ4n) is 2.79. The third-order valence-electron chi connectivity index (χ3n) is 3.94. The number of nitrogens with zero attached hydrogens (tertiary/aromatic N) is 1. The maximum atomic E-state index is 12.6. The van der Waals surface area contributed by atoms with Crippen molar-refractivity contribution in [1.82, 2.24) is 4.90 Å². The highest BCUT2D eigenvalue weighted by Gasteiger charge is 2.30. The van der Waals surface area contributed by atoms with Gasteiger partial charge in [0.25, 0.3) is 0 Å². The molecule has 1 aromatic rings. The van der Waals surface area contributed by atoms with E-state index in [0.717, 1.165) is 30.7 Å². The van der Waals surface area contributed by atoms with Gasteiger partial charge in [-0.05, 0) is 44.1 Å². The minimum atomic E-state index is -0.783. The minimum absolute atomic E-state index is 0.0924. The summed E-state index contributed by atoms with van der Waals surface area (Å²) < 4.78 is 0. The molecule has 0 bridgehead atoms. The van der Waals surface area contributed by atoms with Gasteiger partial charge in [0.05, 0.1) is 5.92 Å². The average molecular weight is 295 g/mol. The van der Waals surface area contributed by atoms with E-state index >= 15 is 0 Å². The van der Waals surface area contributed by atoms with E-state index in [-0.39, 0.29) is 24.3 Å². The van der Waals surface area contributed by atoms with Crippen LogP contribution >= 0.6 is 11.3 Å². The summed E-state index contributed by atoms with van der Waals surface area (Å²) in [5.74, 6) is -0.766. The Morgan fingerprint density at radius 2 is 2.30 bits per heavy atom. The first-order valence-electron chi connectivity index (χ1n) is 7.15. The summed E-state index contributed by atoms with van der Waals surface area (Å²) in [7, 11) is 0. The molecule has 4 nitrogen and oxygen atoms in total. The average Bonchev–Trinajstić information content (AvgIpc) is 2.98. The Morgan fingerprint density at radius 3 is 2.95 bits per heavy atom. The van der Waals surface area contributed by atoms with Crippen LogP contribution in [-0.4, -0.2) is 34.5 Å². The lowest BCUT2D eigenvalue weighted by molar-refractivity contribution is -0.140. The number of carbonyl (C=O) groups excluding carboxylic acids is 1. The minimum Gasteiger partial charge on any atom is -0.481 e. The Kier molecular flexibility index (Phi) is 5.17. The molecule has 2 heterocycles. The Bertz CT molecular complexity index is 458. The molecular formula is C15H21NO3S. The maximum Gasteiger partial charge on any atom is 0.303 e. The van der Waals surface area contributed by atoms with Crippen molar-refractivity contribution in [3.63, 3.8) is 0 Å². The summed E-state index contributed by atoms with van der Waals surface area (Å²) >= 11 is 1.60. The third kappa shape index (κ3) is 3.60. The van der Waals surface area contributed by atoms with Crippen LogP contribution < -0.4 is 0 Å². The van der Waals surface area contributed by atoms with Gasteiger partial charge in [0, 0.05) is 23.9 Å². The highest BCUT2D eigenvalue weighted by Crippen LogP contribution is 2.28. The molecule has 20 heavy (non-hydrogen) atoms. The van der Waals surface area contributed by atoms with Gasteiger partial charge in [-0.3, -0.25) is 9.59 Å². The van der Waals surface area contributed by atoms with Gasteiger partial charge in [-0.25, -0.2) is 0 Å². The second kappa shape index (κ2) is 6.88. The monoisotopic (exact) mass is 295 g/mol. The summed E-state index contributed by atoms with van der Waals surface area (Å²) in [5, 5.41) is 10.8. The second-order valence-electron chi connectivity index (χ2n) is 5.35. The molecule has 110 valence electrons. The molecule has 2 atom stereocenters.